The van der Waals surface area contributed by atoms with Crippen LogP contribution in [0.1, 0.15) is 25.7 Å². The fourth-order valence-corrected chi connectivity index (χ4v) is 1.56. The molecule has 1 rings (SSSR count). The minimum Gasteiger partial charge on any atom is -0.480 e. The van der Waals surface area contributed by atoms with E-state index in [1.807, 2.05) is 0 Å². The molecule has 124 valence electrons. The van der Waals surface area contributed by atoms with E-state index in [0.29, 0.717) is 19.4 Å². The summed E-state index contributed by atoms with van der Waals surface area (Å²) in [6.07, 6.45) is 2.76. The molecule has 0 saturated carbocycles. The van der Waals surface area contributed by atoms with Gasteiger partial charge in [0.1, 0.15) is 12.1 Å². The third-order valence-corrected chi connectivity index (χ3v) is 2.68. The number of hydrogen-bond acceptors (Lipinski definition) is 5. The van der Waals surface area contributed by atoms with Crippen molar-refractivity contribution in [2.75, 3.05) is 13.1 Å². The molecule has 0 aromatic heterocycles. The van der Waals surface area contributed by atoms with Gasteiger partial charge in [-0.2, -0.15) is 0 Å². The second-order valence-corrected chi connectivity index (χ2v) is 4.41. The molecule has 1 unspecified atom stereocenters. The molecule has 9 N–H and O–H groups in total. The predicted molar refractivity (Wildman–Crippen MR) is 80.7 cm³/mol. The molecule has 0 bridgehead atoms. The normalized spacial score (nSPS) is 17.7. The number of carboxylic acids is 2. The minimum absolute atomic E-state index is 0. The van der Waals surface area contributed by atoms with Crippen molar-refractivity contribution in [3.8, 4) is 0 Å². The van der Waals surface area contributed by atoms with Crippen LogP contribution in [-0.2, 0) is 9.59 Å². The molecule has 9 nitrogen and oxygen atoms in total. The summed E-state index contributed by atoms with van der Waals surface area (Å²) in [6.45, 7) is 1.34. The van der Waals surface area contributed by atoms with Gasteiger partial charge in [-0.3, -0.25) is 15.0 Å². The number of rotatable bonds is 6. The van der Waals surface area contributed by atoms with E-state index in [4.69, 9.17) is 27.1 Å². The monoisotopic (exact) mass is 325 g/mol. The molecule has 1 aliphatic rings. The SMILES string of the molecule is Cl.N=C(N)NCCCC(N)C(=O)O.O=C(O)[C@@H]1CCCN1. The van der Waals surface area contributed by atoms with E-state index in [1.165, 1.54) is 0 Å². The average molecular weight is 326 g/mol. The quantitative estimate of drug-likeness (QED) is 0.183. The average Bonchev–Trinajstić information content (AvgIpc) is 2.88. The van der Waals surface area contributed by atoms with Gasteiger partial charge in [-0.1, -0.05) is 0 Å². The summed E-state index contributed by atoms with van der Waals surface area (Å²) in [5.41, 5.74) is 10.2. The topological polar surface area (TPSA) is 175 Å². The van der Waals surface area contributed by atoms with Gasteiger partial charge in [0.05, 0.1) is 0 Å². The highest BCUT2D eigenvalue weighted by molar-refractivity contribution is 5.85. The van der Waals surface area contributed by atoms with Gasteiger partial charge in [-0.05, 0) is 32.2 Å². The maximum atomic E-state index is 10.2. The molecule has 0 radical (unpaired) electrons. The van der Waals surface area contributed by atoms with Crippen molar-refractivity contribution in [1.29, 1.82) is 5.41 Å². The van der Waals surface area contributed by atoms with Crippen LogP contribution in [0, 0.1) is 5.41 Å². The number of halogens is 1. The summed E-state index contributed by atoms with van der Waals surface area (Å²) >= 11 is 0. The number of guanidine groups is 1. The summed E-state index contributed by atoms with van der Waals surface area (Å²) in [6, 6.07) is -1.09. The number of hydrogen-bond donors (Lipinski definition) is 7. The Labute approximate surface area is 129 Å². The number of aliphatic carboxylic acids is 2. The van der Waals surface area contributed by atoms with Crippen LogP contribution in [0.25, 0.3) is 0 Å². The lowest BCUT2D eigenvalue weighted by molar-refractivity contribution is -0.139. The van der Waals surface area contributed by atoms with Crippen LogP contribution in [0.2, 0.25) is 0 Å². The third-order valence-electron chi connectivity index (χ3n) is 2.68. The second kappa shape index (κ2) is 12.2. The molecule has 1 heterocycles. The van der Waals surface area contributed by atoms with Crippen molar-refractivity contribution in [3.05, 3.63) is 0 Å². The van der Waals surface area contributed by atoms with E-state index in [2.05, 4.69) is 10.6 Å². The van der Waals surface area contributed by atoms with Crippen LogP contribution in [0.15, 0.2) is 0 Å². The highest BCUT2D eigenvalue weighted by atomic mass is 35.5. The first-order valence-electron chi connectivity index (χ1n) is 6.37. The van der Waals surface area contributed by atoms with Crippen molar-refractivity contribution in [2.45, 2.75) is 37.8 Å². The van der Waals surface area contributed by atoms with Gasteiger partial charge in [0.2, 0.25) is 0 Å². The molecule has 0 amide bonds. The van der Waals surface area contributed by atoms with Gasteiger partial charge >= 0.3 is 11.9 Å². The highest BCUT2D eigenvalue weighted by Gasteiger charge is 2.20. The molecule has 1 aliphatic heterocycles. The Kier molecular flexibility index (Phi) is 12.6. The van der Waals surface area contributed by atoms with Crippen LogP contribution in [-0.4, -0.2) is 53.3 Å². The first-order valence-corrected chi connectivity index (χ1v) is 6.37. The Morgan fingerprint density at radius 1 is 1.43 bits per heavy atom. The summed E-state index contributed by atoms with van der Waals surface area (Å²) in [7, 11) is 0. The molecule has 0 aliphatic carbocycles. The van der Waals surface area contributed by atoms with Gasteiger partial charge in [0.25, 0.3) is 0 Å². The van der Waals surface area contributed by atoms with Gasteiger partial charge in [0, 0.05) is 6.54 Å². The second-order valence-electron chi connectivity index (χ2n) is 4.41. The van der Waals surface area contributed by atoms with Crippen molar-refractivity contribution >= 4 is 30.3 Å². The number of nitrogens with one attached hydrogen (secondary N) is 3. The Bertz CT molecular complexity index is 337. The smallest absolute Gasteiger partial charge is 0.320 e. The van der Waals surface area contributed by atoms with Crippen molar-refractivity contribution in [1.82, 2.24) is 10.6 Å². The highest BCUT2D eigenvalue weighted by Crippen LogP contribution is 2.03. The zero-order valence-corrected chi connectivity index (χ0v) is 12.5. The number of nitrogens with two attached hydrogens (primary N) is 2. The molecule has 1 fully saturated rings. The Morgan fingerprint density at radius 3 is 2.38 bits per heavy atom. The molecule has 10 heteroatoms. The maximum absolute atomic E-state index is 10.2. The fourth-order valence-electron chi connectivity index (χ4n) is 1.56. The first kappa shape index (κ1) is 21.7. The van der Waals surface area contributed by atoms with Crippen LogP contribution in [0.4, 0.5) is 0 Å². The molecule has 0 aromatic rings. The van der Waals surface area contributed by atoms with E-state index >= 15 is 0 Å². The van der Waals surface area contributed by atoms with Crippen LogP contribution in [0.5, 0.6) is 0 Å². The van der Waals surface area contributed by atoms with Gasteiger partial charge in [-0.25, -0.2) is 0 Å². The van der Waals surface area contributed by atoms with Crippen molar-refractivity contribution < 1.29 is 19.8 Å². The summed E-state index contributed by atoms with van der Waals surface area (Å²) in [4.78, 5) is 20.4. The Morgan fingerprint density at radius 2 is 2.05 bits per heavy atom. The summed E-state index contributed by atoms with van der Waals surface area (Å²) < 4.78 is 0. The first-order chi connectivity index (χ1) is 9.34. The van der Waals surface area contributed by atoms with Crippen LogP contribution >= 0.6 is 12.4 Å². The molecular formula is C11H24ClN5O4. The summed E-state index contributed by atoms with van der Waals surface area (Å²) in [5, 5.41) is 28.9. The van der Waals surface area contributed by atoms with E-state index in [9.17, 15) is 9.59 Å². The maximum Gasteiger partial charge on any atom is 0.320 e. The van der Waals surface area contributed by atoms with Crippen LogP contribution < -0.4 is 22.1 Å². The largest absolute Gasteiger partial charge is 0.480 e. The van der Waals surface area contributed by atoms with E-state index in [-0.39, 0.29) is 24.4 Å². The lowest BCUT2D eigenvalue weighted by Crippen LogP contribution is -2.34. The molecule has 0 spiro atoms. The molecule has 1 saturated heterocycles. The fraction of sp³-hybridized carbons (Fsp3) is 0.727. The number of carboxylic acid groups (broad SMARTS) is 2. The standard InChI is InChI=1S/C6H14N4O2.C5H9NO2.ClH/c7-4(5(11)12)2-1-3-10-6(8)9;7-5(8)4-2-1-3-6-4;/h4H,1-3,7H2,(H,11,12)(H4,8,9,10);4,6H,1-3H2,(H,7,8);1H/t;4-;/m.0./s1. The van der Waals surface area contributed by atoms with Gasteiger partial charge < -0.3 is 32.3 Å². The number of carbonyl (C=O) groups is 2. The summed E-state index contributed by atoms with van der Waals surface area (Å²) in [5.74, 6) is -1.83. The van der Waals surface area contributed by atoms with E-state index in [1.54, 1.807) is 0 Å². The van der Waals surface area contributed by atoms with Crippen LogP contribution in [0.3, 0.4) is 0 Å². The zero-order valence-electron chi connectivity index (χ0n) is 11.7. The zero-order chi connectivity index (χ0) is 15.5. The van der Waals surface area contributed by atoms with Crippen molar-refractivity contribution in [3.63, 3.8) is 0 Å². The Hall–Kier alpha value is -1.58. The molecule has 21 heavy (non-hydrogen) atoms. The minimum atomic E-state index is -1.00. The molecular weight excluding hydrogens is 302 g/mol. The van der Waals surface area contributed by atoms with Gasteiger partial charge in [0.15, 0.2) is 5.96 Å². The lowest BCUT2D eigenvalue weighted by Gasteiger charge is -2.06. The van der Waals surface area contributed by atoms with E-state index < -0.39 is 18.0 Å². The predicted octanol–water partition coefficient (Wildman–Crippen LogP) is -1.09. The lowest BCUT2D eigenvalue weighted by atomic mass is 10.2. The molecule has 0 aromatic carbocycles. The Balaban J connectivity index is 0. The molecule has 2 atom stereocenters. The van der Waals surface area contributed by atoms with Crippen molar-refractivity contribution in [2.24, 2.45) is 11.5 Å². The van der Waals surface area contributed by atoms with Gasteiger partial charge in [-0.15, -0.1) is 12.4 Å². The third kappa shape index (κ3) is 11.9. The van der Waals surface area contributed by atoms with E-state index in [0.717, 1.165) is 19.4 Å².